The highest BCUT2D eigenvalue weighted by atomic mass is 35.5. The summed E-state index contributed by atoms with van der Waals surface area (Å²) in [5.41, 5.74) is -0.0301. The van der Waals surface area contributed by atoms with Crippen LogP contribution in [0.4, 0.5) is 13.2 Å². The van der Waals surface area contributed by atoms with E-state index in [2.05, 4.69) is 10.4 Å². The van der Waals surface area contributed by atoms with Crippen LogP contribution >= 0.6 is 11.6 Å². The highest BCUT2D eigenvalue weighted by Crippen LogP contribution is 2.34. The fraction of sp³-hybridized carbons (Fsp3) is 0.190. The molecule has 1 atom stereocenters. The van der Waals surface area contributed by atoms with E-state index in [0.29, 0.717) is 5.56 Å². The number of amides is 1. The molecule has 3 rings (SSSR count). The Labute approximate surface area is 180 Å². The van der Waals surface area contributed by atoms with Crippen LogP contribution in [0, 0.1) is 5.92 Å². The largest absolute Gasteiger partial charge is 0.481 e. The molecule has 0 radical (unpaired) electrons. The van der Waals surface area contributed by atoms with Crippen LogP contribution in [0.25, 0.3) is 16.9 Å². The molecule has 1 unspecified atom stereocenters. The Morgan fingerprint density at radius 2 is 1.81 bits per heavy atom. The number of hydrogen-bond acceptors (Lipinski definition) is 3. The lowest BCUT2D eigenvalue weighted by molar-refractivity contribution is -0.142. The number of alkyl halides is 3. The molecule has 1 heterocycles. The first-order chi connectivity index (χ1) is 14.6. The van der Waals surface area contributed by atoms with Crippen molar-refractivity contribution in [3.8, 4) is 16.9 Å². The number of benzene rings is 2. The van der Waals surface area contributed by atoms with Gasteiger partial charge in [-0.05, 0) is 30.3 Å². The Bertz CT molecular complexity index is 1110. The number of halogens is 4. The summed E-state index contributed by atoms with van der Waals surface area (Å²) >= 11 is 6.15. The standard InChI is InChI=1S/C21H17ClF3N3O3/c1-12(20(30)31)11-26-19(29)14-8-6-13(7-9-14)17-10-18(21(23,24)25)27-28(17)16-5-3-2-4-15(16)22/h2-10,12H,11H2,1H3,(H,26,29)(H,30,31). The molecule has 2 aromatic carbocycles. The van der Waals surface area contributed by atoms with Gasteiger partial charge in [-0.2, -0.15) is 18.3 Å². The maximum absolute atomic E-state index is 13.3. The minimum atomic E-state index is -4.65. The summed E-state index contributed by atoms with van der Waals surface area (Å²) in [4.78, 5) is 23.0. The van der Waals surface area contributed by atoms with E-state index < -0.39 is 29.7 Å². The van der Waals surface area contributed by atoms with Crippen molar-refractivity contribution in [2.45, 2.75) is 13.1 Å². The molecule has 2 N–H and O–H groups in total. The molecule has 0 saturated carbocycles. The molecule has 3 aromatic rings. The van der Waals surface area contributed by atoms with E-state index in [4.69, 9.17) is 16.7 Å². The lowest BCUT2D eigenvalue weighted by Gasteiger charge is -2.11. The van der Waals surface area contributed by atoms with E-state index in [0.717, 1.165) is 10.7 Å². The summed E-state index contributed by atoms with van der Waals surface area (Å²) < 4.78 is 41.0. The maximum Gasteiger partial charge on any atom is 0.435 e. The fourth-order valence-corrected chi connectivity index (χ4v) is 2.98. The zero-order valence-electron chi connectivity index (χ0n) is 16.2. The number of nitrogens with zero attached hydrogens (tertiary/aromatic N) is 2. The number of carboxylic acids is 1. The average Bonchev–Trinajstić information content (AvgIpc) is 3.18. The van der Waals surface area contributed by atoms with Crippen LogP contribution in [0.5, 0.6) is 0 Å². The number of para-hydroxylation sites is 1. The molecule has 0 saturated heterocycles. The van der Waals surface area contributed by atoms with E-state index >= 15 is 0 Å². The van der Waals surface area contributed by atoms with E-state index in [1.807, 2.05) is 0 Å². The van der Waals surface area contributed by atoms with Gasteiger partial charge in [0.05, 0.1) is 22.3 Å². The van der Waals surface area contributed by atoms with E-state index in [1.165, 1.54) is 31.2 Å². The van der Waals surface area contributed by atoms with Crippen LogP contribution in [-0.4, -0.2) is 33.3 Å². The quantitative estimate of drug-likeness (QED) is 0.571. The first-order valence-corrected chi connectivity index (χ1v) is 9.49. The molecular formula is C21H17ClF3N3O3. The second-order valence-corrected chi connectivity index (χ2v) is 7.21. The van der Waals surface area contributed by atoms with Crippen molar-refractivity contribution in [2.75, 3.05) is 6.54 Å². The van der Waals surface area contributed by atoms with E-state index in [1.54, 1.807) is 24.3 Å². The SMILES string of the molecule is CC(CNC(=O)c1ccc(-c2cc(C(F)(F)F)nn2-c2ccccc2Cl)cc1)C(=O)O. The third kappa shape index (κ3) is 5.05. The zero-order chi connectivity index (χ0) is 22.8. The third-order valence-electron chi connectivity index (χ3n) is 4.51. The summed E-state index contributed by atoms with van der Waals surface area (Å²) in [6.45, 7) is 1.41. The molecule has 10 heteroatoms. The summed E-state index contributed by atoms with van der Waals surface area (Å²) in [5.74, 6) is -2.28. The number of aliphatic carboxylic acids is 1. The number of hydrogen-bond donors (Lipinski definition) is 2. The molecule has 1 amide bonds. The van der Waals surface area contributed by atoms with Crippen LogP contribution in [-0.2, 0) is 11.0 Å². The Balaban J connectivity index is 1.94. The predicted octanol–water partition coefficient (Wildman–Crippen LogP) is 4.66. The van der Waals surface area contributed by atoms with Gasteiger partial charge < -0.3 is 10.4 Å². The number of aromatic nitrogens is 2. The van der Waals surface area contributed by atoms with Crippen molar-refractivity contribution in [1.82, 2.24) is 15.1 Å². The molecule has 6 nitrogen and oxygen atoms in total. The highest BCUT2D eigenvalue weighted by molar-refractivity contribution is 6.32. The van der Waals surface area contributed by atoms with Gasteiger partial charge in [0.2, 0.25) is 0 Å². The minimum Gasteiger partial charge on any atom is -0.481 e. The van der Waals surface area contributed by atoms with Gasteiger partial charge in [-0.25, -0.2) is 4.68 Å². The van der Waals surface area contributed by atoms with Crippen molar-refractivity contribution in [3.63, 3.8) is 0 Å². The van der Waals surface area contributed by atoms with Crippen LogP contribution in [0.3, 0.4) is 0 Å². The van der Waals surface area contributed by atoms with Crippen LogP contribution in [0.1, 0.15) is 23.0 Å². The van der Waals surface area contributed by atoms with Gasteiger partial charge in [0.15, 0.2) is 5.69 Å². The topological polar surface area (TPSA) is 84.2 Å². The maximum atomic E-state index is 13.3. The predicted molar refractivity (Wildman–Crippen MR) is 108 cm³/mol. The Kier molecular flexibility index (Phi) is 6.35. The van der Waals surface area contributed by atoms with E-state index in [-0.39, 0.29) is 28.5 Å². The molecule has 31 heavy (non-hydrogen) atoms. The molecule has 1 aromatic heterocycles. The van der Waals surface area contributed by atoms with Crippen LogP contribution in [0.15, 0.2) is 54.6 Å². The summed E-state index contributed by atoms with van der Waals surface area (Å²) in [6, 6.07) is 13.1. The van der Waals surface area contributed by atoms with Gasteiger partial charge in [0.1, 0.15) is 0 Å². The van der Waals surface area contributed by atoms with Crippen molar-refractivity contribution in [1.29, 1.82) is 0 Å². The fourth-order valence-electron chi connectivity index (χ4n) is 2.76. The van der Waals surface area contributed by atoms with Gasteiger partial charge in [-0.1, -0.05) is 42.8 Å². The Hall–Kier alpha value is -3.33. The molecule has 0 fully saturated rings. The smallest absolute Gasteiger partial charge is 0.435 e. The Morgan fingerprint density at radius 1 is 1.16 bits per heavy atom. The molecule has 162 valence electrons. The molecule has 0 aliphatic rings. The second-order valence-electron chi connectivity index (χ2n) is 6.80. The lowest BCUT2D eigenvalue weighted by Crippen LogP contribution is -2.31. The van der Waals surface area contributed by atoms with Crippen LogP contribution < -0.4 is 5.32 Å². The van der Waals surface area contributed by atoms with E-state index in [9.17, 15) is 22.8 Å². The van der Waals surface area contributed by atoms with Crippen LogP contribution in [0.2, 0.25) is 5.02 Å². The summed E-state index contributed by atoms with van der Waals surface area (Å²) in [6.07, 6.45) is -4.65. The van der Waals surface area contributed by atoms with Crippen molar-refractivity contribution >= 4 is 23.5 Å². The van der Waals surface area contributed by atoms with Gasteiger partial charge in [0.25, 0.3) is 5.91 Å². The molecular weight excluding hydrogens is 435 g/mol. The Morgan fingerprint density at radius 3 is 2.39 bits per heavy atom. The third-order valence-corrected chi connectivity index (χ3v) is 4.83. The summed E-state index contributed by atoms with van der Waals surface area (Å²) in [7, 11) is 0. The number of carbonyl (C=O) groups is 2. The van der Waals surface area contributed by atoms with Crippen molar-refractivity contribution in [3.05, 3.63) is 70.9 Å². The van der Waals surface area contributed by atoms with Gasteiger partial charge >= 0.3 is 12.1 Å². The second kappa shape index (κ2) is 8.81. The lowest BCUT2D eigenvalue weighted by atomic mass is 10.1. The van der Waals surface area contributed by atoms with Gasteiger partial charge in [-0.3, -0.25) is 9.59 Å². The number of nitrogens with one attached hydrogen (secondary N) is 1. The highest BCUT2D eigenvalue weighted by Gasteiger charge is 2.35. The number of rotatable bonds is 6. The molecule has 0 aliphatic heterocycles. The monoisotopic (exact) mass is 451 g/mol. The first kappa shape index (κ1) is 22.4. The molecule has 0 aliphatic carbocycles. The first-order valence-electron chi connectivity index (χ1n) is 9.11. The number of carbonyl (C=O) groups excluding carboxylic acids is 1. The minimum absolute atomic E-state index is 0.0515. The number of carboxylic acid groups (broad SMARTS) is 1. The normalized spacial score (nSPS) is 12.4. The molecule has 0 bridgehead atoms. The van der Waals surface area contributed by atoms with Crippen molar-refractivity contribution in [2.24, 2.45) is 5.92 Å². The molecule has 0 spiro atoms. The van der Waals surface area contributed by atoms with Crippen molar-refractivity contribution < 1.29 is 27.9 Å². The van der Waals surface area contributed by atoms with Gasteiger partial charge in [-0.15, -0.1) is 0 Å². The zero-order valence-corrected chi connectivity index (χ0v) is 16.9. The summed E-state index contributed by atoms with van der Waals surface area (Å²) in [5, 5.41) is 15.3. The van der Waals surface area contributed by atoms with Gasteiger partial charge in [0, 0.05) is 17.7 Å². The average molecular weight is 452 g/mol.